The van der Waals surface area contributed by atoms with Crippen LogP contribution < -0.4 is 10.2 Å². The van der Waals surface area contributed by atoms with Crippen molar-refractivity contribution in [2.75, 3.05) is 50.7 Å². The molecule has 5 heteroatoms. The second-order valence-corrected chi connectivity index (χ2v) is 5.86. The van der Waals surface area contributed by atoms with Crippen molar-refractivity contribution < 1.29 is 0 Å². The van der Waals surface area contributed by atoms with Gasteiger partial charge in [0.15, 0.2) is 0 Å². The number of piperazine rings is 1. The van der Waals surface area contributed by atoms with Crippen molar-refractivity contribution in [1.82, 2.24) is 20.2 Å². The number of nitrogens with zero attached hydrogens (tertiary/aromatic N) is 4. The molecule has 0 radical (unpaired) electrons. The SMILES string of the molecule is c1cnc(N2CCN(CCC3CCNCC3)CC2)nc1. The van der Waals surface area contributed by atoms with Crippen LogP contribution in [0.15, 0.2) is 18.5 Å². The molecule has 1 aromatic rings. The average molecular weight is 275 g/mol. The van der Waals surface area contributed by atoms with E-state index in [0.717, 1.165) is 38.0 Å². The van der Waals surface area contributed by atoms with E-state index in [1.165, 1.54) is 38.9 Å². The Morgan fingerprint density at radius 1 is 1.05 bits per heavy atom. The minimum Gasteiger partial charge on any atom is -0.338 e. The number of anilines is 1. The van der Waals surface area contributed by atoms with Crippen LogP contribution in [0.3, 0.4) is 0 Å². The lowest BCUT2D eigenvalue weighted by atomic mass is 9.94. The molecule has 0 saturated carbocycles. The molecular weight excluding hydrogens is 250 g/mol. The fourth-order valence-electron chi connectivity index (χ4n) is 3.16. The highest BCUT2D eigenvalue weighted by Gasteiger charge is 2.20. The standard InChI is InChI=1S/C15H25N5/c1-5-17-15(18-6-1)20-12-10-19(11-13-20)9-4-14-2-7-16-8-3-14/h1,5-6,14,16H,2-4,7-13H2. The van der Waals surface area contributed by atoms with Crippen molar-refractivity contribution in [1.29, 1.82) is 0 Å². The van der Waals surface area contributed by atoms with E-state index in [0.29, 0.717) is 0 Å². The summed E-state index contributed by atoms with van der Waals surface area (Å²) in [5.41, 5.74) is 0. The lowest BCUT2D eigenvalue weighted by molar-refractivity contribution is 0.224. The smallest absolute Gasteiger partial charge is 0.225 e. The monoisotopic (exact) mass is 275 g/mol. The average Bonchev–Trinajstić information content (AvgIpc) is 2.55. The van der Waals surface area contributed by atoms with Gasteiger partial charge in [-0.1, -0.05) is 0 Å². The number of hydrogen-bond acceptors (Lipinski definition) is 5. The predicted molar refractivity (Wildman–Crippen MR) is 80.9 cm³/mol. The maximum atomic E-state index is 4.34. The lowest BCUT2D eigenvalue weighted by Crippen LogP contribution is -2.47. The molecule has 0 spiro atoms. The molecule has 110 valence electrons. The van der Waals surface area contributed by atoms with E-state index in [9.17, 15) is 0 Å². The van der Waals surface area contributed by atoms with Gasteiger partial charge in [-0.25, -0.2) is 9.97 Å². The Kier molecular flexibility index (Phi) is 4.82. The molecule has 2 saturated heterocycles. The van der Waals surface area contributed by atoms with Gasteiger partial charge in [0.2, 0.25) is 5.95 Å². The van der Waals surface area contributed by atoms with Gasteiger partial charge < -0.3 is 10.2 Å². The third kappa shape index (κ3) is 3.67. The highest BCUT2D eigenvalue weighted by atomic mass is 15.3. The van der Waals surface area contributed by atoms with E-state index in [1.54, 1.807) is 0 Å². The quantitative estimate of drug-likeness (QED) is 0.888. The minimum atomic E-state index is 0.880. The summed E-state index contributed by atoms with van der Waals surface area (Å²) in [6.45, 7) is 8.07. The van der Waals surface area contributed by atoms with E-state index < -0.39 is 0 Å². The van der Waals surface area contributed by atoms with Gasteiger partial charge in [0.1, 0.15) is 0 Å². The van der Waals surface area contributed by atoms with Gasteiger partial charge >= 0.3 is 0 Å². The molecule has 0 aromatic carbocycles. The molecule has 0 bridgehead atoms. The third-order valence-electron chi connectivity index (χ3n) is 4.52. The van der Waals surface area contributed by atoms with Crippen LogP contribution >= 0.6 is 0 Å². The van der Waals surface area contributed by atoms with Crippen LogP contribution in [0.5, 0.6) is 0 Å². The maximum Gasteiger partial charge on any atom is 0.225 e. The van der Waals surface area contributed by atoms with Gasteiger partial charge in [0.25, 0.3) is 0 Å². The zero-order valence-electron chi connectivity index (χ0n) is 12.2. The van der Waals surface area contributed by atoms with Crippen LogP contribution in [0.25, 0.3) is 0 Å². The topological polar surface area (TPSA) is 44.3 Å². The summed E-state index contributed by atoms with van der Waals surface area (Å²) in [4.78, 5) is 13.6. The summed E-state index contributed by atoms with van der Waals surface area (Å²) in [7, 11) is 0. The lowest BCUT2D eigenvalue weighted by Gasteiger charge is -2.35. The van der Waals surface area contributed by atoms with Crippen molar-refractivity contribution in [3.63, 3.8) is 0 Å². The molecule has 0 unspecified atom stereocenters. The van der Waals surface area contributed by atoms with Gasteiger partial charge in [-0.2, -0.15) is 0 Å². The summed E-state index contributed by atoms with van der Waals surface area (Å²) >= 11 is 0. The Morgan fingerprint density at radius 2 is 1.75 bits per heavy atom. The molecule has 3 rings (SSSR count). The number of piperidine rings is 1. The molecule has 0 aliphatic carbocycles. The molecular formula is C15H25N5. The normalized spacial score (nSPS) is 22.1. The largest absolute Gasteiger partial charge is 0.338 e. The van der Waals surface area contributed by atoms with Gasteiger partial charge in [0, 0.05) is 38.6 Å². The van der Waals surface area contributed by atoms with Crippen LogP contribution in [0.2, 0.25) is 0 Å². The first-order valence-corrected chi connectivity index (χ1v) is 7.87. The van der Waals surface area contributed by atoms with Gasteiger partial charge in [0.05, 0.1) is 0 Å². The zero-order valence-corrected chi connectivity index (χ0v) is 12.2. The fraction of sp³-hybridized carbons (Fsp3) is 0.733. The van der Waals surface area contributed by atoms with Crippen LogP contribution in [0.4, 0.5) is 5.95 Å². The third-order valence-corrected chi connectivity index (χ3v) is 4.52. The Morgan fingerprint density at radius 3 is 2.45 bits per heavy atom. The van der Waals surface area contributed by atoms with E-state index in [-0.39, 0.29) is 0 Å². The molecule has 2 aliphatic heterocycles. The number of nitrogens with one attached hydrogen (secondary N) is 1. The molecule has 2 aliphatic rings. The van der Waals surface area contributed by atoms with E-state index in [4.69, 9.17) is 0 Å². The van der Waals surface area contributed by atoms with E-state index >= 15 is 0 Å². The van der Waals surface area contributed by atoms with Crippen molar-refractivity contribution in [3.8, 4) is 0 Å². The van der Waals surface area contributed by atoms with Crippen molar-refractivity contribution in [2.24, 2.45) is 5.92 Å². The number of aromatic nitrogens is 2. The maximum absolute atomic E-state index is 4.34. The molecule has 20 heavy (non-hydrogen) atoms. The number of rotatable bonds is 4. The Labute approximate surface area is 121 Å². The van der Waals surface area contributed by atoms with Crippen molar-refractivity contribution in [2.45, 2.75) is 19.3 Å². The van der Waals surface area contributed by atoms with E-state index in [2.05, 4.69) is 25.1 Å². The van der Waals surface area contributed by atoms with Crippen LogP contribution in [0.1, 0.15) is 19.3 Å². The van der Waals surface area contributed by atoms with Crippen molar-refractivity contribution >= 4 is 5.95 Å². The first-order chi connectivity index (χ1) is 9.92. The summed E-state index contributed by atoms with van der Waals surface area (Å²) in [6.07, 6.45) is 7.73. The number of hydrogen-bond donors (Lipinski definition) is 1. The summed E-state index contributed by atoms with van der Waals surface area (Å²) in [5, 5.41) is 3.44. The minimum absolute atomic E-state index is 0.880. The summed E-state index contributed by atoms with van der Waals surface area (Å²) in [6, 6.07) is 1.87. The molecule has 2 fully saturated rings. The van der Waals surface area contributed by atoms with Crippen LogP contribution in [-0.4, -0.2) is 60.7 Å². The molecule has 1 N–H and O–H groups in total. The van der Waals surface area contributed by atoms with Crippen LogP contribution in [-0.2, 0) is 0 Å². The van der Waals surface area contributed by atoms with Gasteiger partial charge in [-0.3, -0.25) is 4.90 Å². The molecule has 0 amide bonds. The molecule has 0 atom stereocenters. The van der Waals surface area contributed by atoms with E-state index in [1.807, 2.05) is 18.5 Å². The molecule has 3 heterocycles. The predicted octanol–water partition coefficient (Wildman–Crippen LogP) is 0.988. The first-order valence-electron chi connectivity index (χ1n) is 7.87. The Hall–Kier alpha value is -1.20. The van der Waals surface area contributed by atoms with Crippen molar-refractivity contribution in [3.05, 3.63) is 18.5 Å². The highest BCUT2D eigenvalue weighted by Crippen LogP contribution is 2.17. The first kappa shape index (κ1) is 13.8. The van der Waals surface area contributed by atoms with Gasteiger partial charge in [-0.05, 0) is 50.9 Å². The second-order valence-electron chi connectivity index (χ2n) is 5.86. The Balaban J connectivity index is 1.40. The Bertz CT molecular complexity index is 383. The fourth-order valence-corrected chi connectivity index (χ4v) is 3.16. The van der Waals surface area contributed by atoms with Crippen LogP contribution in [0, 0.1) is 5.92 Å². The second kappa shape index (κ2) is 6.99. The molecule has 5 nitrogen and oxygen atoms in total. The summed E-state index contributed by atoms with van der Waals surface area (Å²) in [5.74, 6) is 1.82. The highest BCUT2D eigenvalue weighted by molar-refractivity contribution is 5.29. The molecule has 1 aromatic heterocycles. The van der Waals surface area contributed by atoms with Gasteiger partial charge in [-0.15, -0.1) is 0 Å². The summed E-state index contributed by atoms with van der Waals surface area (Å²) < 4.78 is 0. The zero-order chi connectivity index (χ0) is 13.6.